The van der Waals surface area contributed by atoms with Gasteiger partial charge < -0.3 is 20.3 Å². The summed E-state index contributed by atoms with van der Waals surface area (Å²) in [6, 6.07) is 4.43. The van der Waals surface area contributed by atoms with Crippen molar-refractivity contribution in [1.29, 1.82) is 0 Å². The normalized spacial score (nSPS) is 15.1. The van der Waals surface area contributed by atoms with Gasteiger partial charge in [0.1, 0.15) is 0 Å². The molecule has 0 radical (unpaired) electrons. The number of amides is 3. The Kier molecular flexibility index (Phi) is 5.78. The van der Waals surface area contributed by atoms with Crippen molar-refractivity contribution in [2.75, 3.05) is 25.5 Å². The minimum Gasteiger partial charge on any atom is -0.465 e. The summed E-state index contributed by atoms with van der Waals surface area (Å²) in [7, 11) is 1.32. The maximum Gasteiger partial charge on any atom is 0.337 e. The molecule has 3 amide bonds. The van der Waals surface area contributed by atoms with Crippen LogP contribution in [0.1, 0.15) is 35.7 Å². The summed E-state index contributed by atoms with van der Waals surface area (Å²) in [5.41, 5.74) is 1.81. The van der Waals surface area contributed by atoms with Crippen LogP contribution >= 0.6 is 0 Å². The van der Waals surface area contributed by atoms with Crippen LogP contribution in [0.5, 0.6) is 0 Å². The minimum absolute atomic E-state index is 0.137. The Morgan fingerprint density at radius 1 is 1.38 bits per heavy atom. The third kappa shape index (κ3) is 4.47. The maximum atomic E-state index is 12.1. The van der Waals surface area contributed by atoms with Crippen molar-refractivity contribution in [1.82, 2.24) is 10.2 Å². The second kappa shape index (κ2) is 7.81. The van der Waals surface area contributed by atoms with Gasteiger partial charge in [-0.1, -0.05) is 0 Å². The van der Waals surface area contributed by atoms with Gasteiger partial charge in [-0.25, -0.2) is 9.59 Å². The fourth-order valence-corrected chi connectivity index (χ4v) is 2.70. The first-order valence-electron chi connectivity index (χ1n) is 7.95. The van der Waals surface area contributed by atoms with Gasteiger partial charge in [0.25, 0.3) is 0 Å². The van der Waals surface area contributed by atoms with E-state index in [0.29, 0.717) is 24.2 Å². The number of methoxy groups -OCH3 is 1. The van der Waals surface area contributed by atoms with E-state index in [-0.39, 0.29) is 18.0 Å². The van der Waals surface area contributed by atoms with Crippen molar-refractivity contribution >= 4 is 23.6 Å². The Bertz CT molecular complexity index is 645. The van der Waals surface area contributed by atoms with E-state index in [9.17, 15) is 14.4 Å². The molecule has 130 valence electrons. The molecule has 0 aromatic heterocycles. The fraction of sp³-hybridized carbons (Fsp3) is 0.471. The molecule has 1 saturated heterocycles. The highest BCUT2D eigenvalue weighted by atomic mass is 16.5. The first-order chi connectivity index (χ1) is 11.4. The van der Waals surface area contributed by atoms with Gasteiger partial charge in [-0.15, -0.1) is 0 Å². The second-order valence-electron chi connectivity index (χ2n) is 5.96. The first-order valence-corrected chi connectivity index (χ1v) is 7.95. The van der Waals surface area contributed by atoms with Crippen LogP contribution < -0.4 is 10.6 Å². The van der Waals surface area contributed by atoms with Crippen molar-refractivity contribution in [2.45, 2.75) is 32.7 Å². The molecule has 1 aromatic carbocycles. The third-order valence-electron chi connectivity index (χ3n) is 3.94. The lowest BCUT2D eigenvalue weighted by Crippen LogP contribution is -2.44. The van der Waals surface area contributed by atoms with Gasteiger partial charge in [-0.2, -0.15) is 0 Å². The van der Waals surface area contributed by atoms with Crippen molar-refractivity contribution in [3.05, 3.63) is 29.3 Å². The van der Waals surface area contributed by atoms with E-state index >= 15 is 0 Å². The Hall–Kier alpha value is -2.57. The quantitative estimate of drug-likeness (QED) is 0.806. The topological polar surface area (TPSA) is 87.7 Å². The van der Waals surface area contributed by atoms with Gasteiger partial charge in [-0.05, 0) is 44.0 Å². The van der Waals surface area contributed by atoms with Crippen LogP contribution in [-0.2, 0) is 9.53 Å². The molecule has 2 N–H and O–H groups in total. The Morgan fingerprint density at radius 2 is 2.12 bits per heavy atom. The Labute approximate surface area is 141 Å². The molecule has 1 aromatic rings. The van der Waals surface area contributed by atoms with E-state index < -0.39 is 5.97 Å². The van der Waals surface area contributed by atoms with Crippen molar-refractivity contribution in [2.24, 2.45) is 0 Å². The molecule has 1 atom stereocenters. The van der Waals surface area contributed by atoms with Crippen LogP contribution in [-0.4, -0.2) is 49.0 Å². The largest absolute Gasteiger partial charge is 0.465 e. The molecular formula is C17H23N3O4. The number of anilines is 1. The minimum atomic E-state index is -0.419. The highest BCUT2D eigenvalue weighted by Gasteiger charge is 2.22. The van der Waals surface area contributed by atoms with Gasteiger partial charge in [-0.3, -0.25) is 4.79 Å². The second-order valence-corrected chi connectivity index (χ2v) is 5.96. The number of benzene rings is 1. The number of esters is 1. The fourth-order valence-electron chi connectivity index (χ4n) is 2.70. The van der Waals surface area contributed by atoms with Crippen LogP contribution in [0.4, 0.5) is 10.5 Å². The standard InChI is InChI=1S/C17H23N3O4/c1-11-9-13(16(22)24-3)6-7-14(11)19-17(23)18-12(2)10-20-8-4-5-15(20)21/h6-7,9,12H,4-5,8,10H2,1-3H3,(H2,18,19,23). The van der Waals surface area contributed by atoms with Gasteiger partial charge >= 0.3 is 12.0 Å². The van der Waals surface area contributed by atoms with Gasteiger partial charge in [0, 0.05) is 31.2 Å². The average Bonchev–Trinajstić information content (AvgIpc) is 2.93. The number of carbonyl (C=O) groups excluding carboxylic acids is 3. The number of hydrogen-bond donors (Lipinski definition) is 2. The number of rotatable bonds is 5. The highest BCUT2D eigenvalue weighted by molar-refractivity contribution is 5.93. The summed E-state index contributed by atoms with van der Waals surface area (Å²) in [5, 5.41) is 5.57. The molecule has 1 heterocycles. The lowest BCUT2D eigenvalue weighted by Gasteiger charge is -2.22. The number of nitrogens with one attached hydrogen (secondary N) is 2. The maximum absolute atomic E-state index is 12.1. The SMILES string of the molecule is COC(=O)c1ccc(NC(=O)NC(C)CN2CCCC2=O)c(C)c1. The van der Waals surface area contributed by atoms with E-state index in [0.717, 1.165) is 18.5 Å². The predicted octanol–water partition coefficient (Wildman–Crippen LogP) is 1.91. The molecular weight excluding hydrogens is 310 g/mol. The number of nitrogens with zero attached hydrogens (tertiary/aromatic N) is 1. The molecule has 1 aliphatic rings. The number of likely N-dealkylation sites (tertiary alicyclic amines) is 1. The lowest BCUT2D eigenvalue weighted by atomic mass is 10.1. The lowest BCUT2D eigenvalue weighted by molar-refractivity contribution is -0.127. The zero-order valence-electron chi connectivity index (χ0n) is 14.2. The summed E-state index contributed by atoms with van der Waals surface area (Å²) in [4.78, 5) is 36.9. The molecule has 24 heavy (non-hydrogen) atoms. The molecule has 2 rings (SSSR count). The van der Waals surface area contributed by atoms with E-state index in [1.807, 2.05) is 6.92 Å². The number of aryl methyl sites for hydroxylation is 1. The van der Waals surface area contributed by atoms with Crippen molar-refractivity contribution in [3.8, 4) is 0 Å². The van der Waals surface area contributed by atoms with E-state index in [1.165, 1.54) is 7.11 Å². The van der Waals surface area contributed by atoms with Crippen LogP contribution in [0, 0.1) is 6.92 Å². The smallest absolute Gasteiger partial charge is 0.337 e. The average molecular weight is 333 g/mol. The van der Waals surface area contributed by atoms with Crippen LogP contribution in [0.15, 0.2) is 18.2 Å². The van der Waals surface area contributed by atoms with Gasteiger partial charge in [0.15, 0.2) is 0 Å². The van der Waals surface area contributed by atoms with Crippen molar-refractivity contribution in [3.63, 3.8) is 0 Å². The zero-order valence-corrected chi connectivity index (χ0v) is 14.2. The van der Waals surface area contributed by atoms with Gasteiger partial charge in [0.05, 0.1) is 12.7 Å². The summed E-state index contributed by atoms with van der Waals surface area (Å²) in [6.45, 7) is 4.92. The summed E-state index contributed by atoms with van der Waals surface area (Å²) < 4.78 is 4.67. The summed E-state index contributed by atoms with van der Waals surface area (Å²) >= 11 is 0. The Morgan fingerprint density at radius 3 is 2.71 bits per heavy atom. The Balaban J connectivity index is 1.89. The zero-order chi connectivity index (χ0) is 17.7. The highest BCUT2D eigenvalue weighted by Crippen LogP contribution is 2.17. The molecule has 0 saturated carbocycles. The number of carbonyl (C=O) groups is 3. The molecule has 0 spiro atoms. The van der Waals surface area contributed by atoms with Crippen LogP contribution in [0.3, 0.4) is 0 Å². The molecule has 0 bridgehead atoms. The summed E-state index contributed by atoms with van der Waals surface area (Å²) in [6.07, 6.45) is 1.47. The van der Waals surface area contributed by atoms with E-state index in [4.69, 9.17) is 0 Å². The number of urea groups is 1. The number of hydrogen-bond acceptors (Lipinski definition) is 4. The van der Waals surface area contributed by atoms with E-state index in [1.54, 1.807) is 30.0 Å². The molecule has 0 aliphatic carbocycles. The first kappa shape index (κ1) is 17.8. The molecule has 1 fully saturated rings. The van der Waals surface area contributed by atoms with Crippen LogP contribution in [0.25, 0.3) is 0 Å². The number of ether oxygens (including phenoxy) is 1. The van der Waals surface area contributed by atoms with Crippen LogP contribution in [0.2, 0.25) is 0 Å². The monoisotopic (exact) mass is 333 g/mol. The third-order valence-corrected chi connectivity index (χ3v) is 3.94. The molecule has 7 nitrogen and oxygen atoms in total. The predicted molar refractivity (Wildman–Crippen MR) is 89.9 cm³/mol. The molecule has 1 unspecified atom stereocenters. The molecule has 7 heteroatoms. The van der Waals surface area contributed by atoms with Gasteiger partial charge in [0.2, 0.25) is 5.91 Å². The molecule has 1 aliphatic heterocycles. The summed E-state index contributed by atoms with van der Waals surface area (Å²) in [5.74, 6) is -0.281. The van der Waals surface area contributed by atoms with E-state index in [2.05, 4.69) is 15.4 Å². The van der Waals surface area contributed by atoms with Crippen molar-refractivity contribution < 1.29 is 19.1 Å².